The van der Waals surface area contributed by atoms with Crippen LogP contribution in [-0.2, 0) is 9.53 Å². The Bertz CT molecular complexity index is 145. The second kappa shape index (κ2) is 3.72. The topological polar surface area (TPSA) is 29.5 Å². The van der Waals surface area contributed by atoms with Gasteiger partial charge in [-0.1, -0.05) is 0 Å². The summed E-state index contributed by atoms with van der Waals surface area (Å²) in [6.07, 6.45) is 1.61. The van der Waals surface area contributed by atoms with Crippen molar-refractivity contribution in [1.29, 1.82) is 0 Å². The van der Waals surface area contributed by atoms with Gasteiger partial charge in [-0.3, -0.25) is 4.79 Å². The monoisotopic (exact) mass is 157 g/mol. The van der Waals surface area contributed by atoms with Gasteiger partial charge in [-0.05, 0) is 26.4 Å². The largest absolute Gasteiger partial charge is 0.466 e. The molecular formula is C8H15NO2. The van der Waals surface area contributed by atoms with Crippen LogP contribution in [0.25, 0.3) is 0 Å². The lowest BCUT2D eigenvalue weighted by atomic mass is 10.00. The van der Waals surface area contributed by atoms with Gasteiger partial charge in [-0.25, -0.2) is 0 Å². The van der Waals surface area contributed by atoms with E-state index in [-0.39, 0.29) is 5.97 Å². The lowest BCUT2D eigenvalue weighted by molar-refractivity contribution is -0.149. The molecule has 0 aromatic heterocycles. The SMILES string of the molecule is CN(C)CC1CCOC(=O)C1. The minimum atomic E-state index is -0.0388. The zero-order valence-corrected chi connectivity index (χ0v) is 7.17. The molecule has 64 valence electrons. The average Bonchev–Trinajstić information content (AvgIpc) is 1.85. The molecule has 1 heterocycles. The molecule has 0 bridgehead atoms. The Morgan fingerprint density at radius 1 is 1.64 bits per heavy atom. The summed E-state index contributed by atoms with van der Waals surface area (Å²) >= 11 is 0. The van der Waals surface area contributed by atoms with Crippen molar-refractivity contribution in [2.45, 2.75) is 12.8 Å². The van der Waals surface area contributed by atoms with Crippen LogP contribution in [-0.4, -0.2) is 38.1 Å². The normalized spacial score (nSPS) is 25.4. The van der Waals surface area contributed by atoms with Crippen molar-refractivity contribution in [3.8, 4) is 0 Å². The highest BCUT2D eigenvalue weighted by atomic mass is 16.5. The molecule has 0 spiro atoms. The molecule has 1 aliphatic heterocycles. The van der Waals surface area contributed by atoms with Crippen LogP contribution in [0.15, 0.2) is 0 Å². The van der Waals surface area contributed by atoms with Crippen LogP contribution in [0, 0.1) is 5.92 Å². The zero-order chi connectivity index (χ0) is 8.27. The smallest absolute Gasteiger partial charge is 0.306 e. The van der Waals surface area contributed by atoms with E-state index in [0.29, 0.717) is 18.9 Å². The average molecular weight is 157 g/mol. The van der Waals surface area contributed by atoms with Gasteiger partial charge in [0.1, 0.15) is 0 Å². The van der Waals surface area contributed by atoms with Crippen LogP contribution < -0.4 is 0 Å². The molecule has 3 nitrogen and oxygen atoms in total. The lowest BCUT2D eigenvalue weighted by Crippen LogP contribution is -2.29. The number of rotatable bonds is 2. The van der Waals surface area contributed by atoms with Crippen LogP contribution in [0.3, 0.4) is 0 Å². The highest BCUT2D eigenvalue weighted by molar-refractivity contribution is 5.70. The molecule has 3 heteroatoms. The molecule has 1 fully saturated rings. The van der Waals surface area contributed by atoms with Gasteiger partial charge in [0.05, 0.1) is 6.61 Å². The Labute approximate surface area is 67.3 Å². The lowest BCUT2D eigenvalue weighted by Gasteiger charge is -2.23. The summed E-state index contributed by atoms with van der Waals surface area (Å²) in [5.41, 5.74) is 0. The van der Waals surface area contributed by atoms with E-state index in [9.17, 15) is 4.79 Å². The van der Waals surface area contributed by atoms with E-state index in [2.05, 4.69) is 4.90 Å². The number of esters is 1. The van der Waals surface area contributed by atoms with E-state index in [1.54, 1.807) is 0 Å². The van der Waals surface area contributed by atoms with Gasteiger partial charge in [0, 0.05) is 13.0 Å². The first-order chi connectivity index (χ1) is 5.18. The number of hydrogen-bond acceptors (Lipinski definition) is 3. The Hall–Kier alpha value is -0.570. The molecule has 11 heavy (non-hydrogen) atoms. The number of cyclic esters (lactones) is 1. The van der Waals surface area contributed by atoms with E-state index in [1.165, 1.54) is 0 Å². The Morgan fingerprint density at radius 3 is 2.91 bits per heavy atom. The summed E-state index contributed by atoms with van der Waals surface area (Å²) in [4.78, 5) is 12.9. The molecule has 1 rings (SSSR count). The first-order valence-corrected chi connectivity index (χ1v) is 3.99. The molecule has 0 aliphatic carbocycles. The summed E-state index contributed by atoms with van der Waals surface area (Å²) in [5.74, 6) is 0.467. The molecule has 0 radical (unpaired) electrons. The standard InChI is InChI=1S/C8H15NO2/c1-9(2)6-7-3-4-11-8(10)5-7/h7H,3-6H2,1-2H3. The van der Waals surface area contributed by atoms with Gasteiger partial charge in [0.25, 0.3) is 0 Å². The number of carbonyl (C=O) groups is 1. The molecule has 0 N–H and O–H groups in total. The molecule has 1 saturated heterocycles. The summed E-state index contributed by atoms with van der Waals surface area (Å²) in [6, 6.07) is 0. The van der Waals surface area contributed by atoms with E-state index in [0.717, 1.165) is 13.0 Å². The van der Waals surface area contributed by atoms with Crippen LogP contribution in [0.1, 0.15) is 12.8 Å². The van der Waals surface area contributed by atoms with Crippen molar-refractivity contribution < 1.29 is 9.53 Å². The van der Waals surface area contributed by atoms with Crippen molar-refractivity contribution >= 4 is 5.97 Å². The first-order valence-electron chi connectivity index (χ1n) is 3.99. The van der Waals surface area contributed by atoms with Gasteiger partial charge in [-0.2, -0.15) is 0 Å². The second-order valence-electron chi connectivity index (χ2n) is 3.34. The third-order valence-corrected chi connectivity index (χ3v) is 1.87. The van der Waals surface area contributed by atoms with Crippen molar-refractivity contribution in [1.82, 2.24) is 4.90 Å². The summed E-state index contributed by atoms with van der Waals surface area (Å²) in [5, 5.41) is 0. The third-order valence-electron chi connectivity index (χ3n) is 1.87. The van der Waals surface area contributed by atoms with Crippen molar-refractivity contribution in [2.75, 3.05) is 27.2 Å². The maximum absolute atomic E-state index is 10.8. The number of nitrogens with zero attached hydrogens (tertiary/aromatic N) is 1. The summed E-state index contributed by atoms with van der Waals surface area (Å²) in [7, 11) is 4.06. The predicted octanol–water partition coefficient (Wildman–Crippen LogP) is 0.501. The summed E-state index contributed by atoms with van der Waals surface area (Å²) in [6.45, 7) is 1.60. The molecule has 0 aromatic rings. The molecule has 0 saturated carbocycles. The van der Waals surface area contributed by atoms with Crippen molar-refractivity contribution in [3.63, 3.8) is 0 Å². The van der Waals surface area contributed by atoms with Crippen LogP contribution in [0.4, 0.5) is 0 Å². The Kier molecular flexibility index (Phi) is 2.88. The molecule has 1 atom stereocenters. The molecule has 1 aliphatic rings. The van der Waals surface area contributed by atoms with E-state index in [4.69, 9.17) is 4.74 Å². The van der Waals surface area contributed by atoms with Gasteiger partial charge in [-0.15, -0.1) is 0 Å². The highest BCUT2D eigenvalue weighted by Gasteiger charge is 2.20. The fraction of sp³-hybridized carbons (Fsp3) is 0.875. The zero-order valence-electron chi connectivity index (χ0n) is 7.17. The van der Waals surface area contributed by atoms with E-state index >= 15 is 0 Å². The maximum Gasteiger partial charge on any atom is 0.306 e. The molecule has 0 amide bonds. The Morgan fingerprint density at radius 2 is 2.36 bits per heavy atom. The van der Waals surface area contributed by atoms with Crippen LogP contribution in [0.2, 0.25) is 0 Å². The van der Waals surface area contributed by atoms with Gasteiger partial charge >= 0.3 is 5.97 Å². The minimum Gasteiger partial charge on any atom is -0.466 e. The van der Waals surface area contributed by atoms with Crippen molar-refractivity contribution in [3.05, 3.63) is 0 Å². The first kappa shape index (κ1) is 8.53. The summed E-state index contributed by atoms with van der Waals surface area (Å²) < 4.78 is 4.83. The number of carbonyl (C=O) groups excluding carboxylic acids is 1. The highest BCUT2D eigenvalue weighted by Crippen LogP contribution is 2.15. The fourth-order valence-electron chi connectivity index (χ4n) is 1.41. The molecule has 1 unspecified atom stereocenters. The second-order valence-corrected chi connectivity index (χ2v) is 3.34. The molecule has 0 aromatic carbocycles. The quantitative estimate of drug-likeness (QED) is 0.547. The molecular weight excluding hydrogens is 142 g/mol. The fourth-order valence-corrected chi connectivity index (χ4v) is 1.41. The van der Waals surface area contributed by atoms with Gasteiger partial charge in [0.15, 0.2) is 0 Å². The van der Waals surface area contributed by atoms with Gasteiger partial charge < -0.3 is 9.64 Å². The predicted molar refractivity (Wildman–Crippen MR) is 42.2 cm³/mol. The van der Waals surface area contributed by atoms with E-state index in [1.807, 2.05) is 14.1 Å². The van der Waals surface area contributed by atoms with E-state index < -0.39 is 0 Å². The Balaban J connectivity index is 2.28. The number of ether oxygens (including phenoxy) is 1. The van der Waals surface area contributed by atoms with Gasteiger partial charge in [0.2, 0.25) is 0 Å². The minimum absolute atomic E-state index is 0.0388. The van der Waals surface area contributed by atoms with Crippen LogP contribution >= 0.6 is 0 Å². The van der Waals surface area contributed by atoms with Crippen molar-refractivity contribution in [2.24, 2.45) is 5.92 Å². The van der Waals surface area contributed by atoms with Crippen LogP contribution in [0.5, 0.6) is 0 Å². The number of hydrogen-bond donors (Lipinski definition) is 0. The maximum atomic E-state index is 10.8. The third kappa shape index (κ3) is 2.89.